The number of halogens is 2. The minimum Gasteiger partial charge on any atom is -0.271 e. The number of nitrogens with one attached hydrogen (secondary N) is 1. The van der Waals surface area contributed by atoms with Crippen molar-refractivity contribution in [1.82, 2.24) is 5.43 Å². The molecule has 6 nitrogen and oxygen atoms in total. The first-order chi connectivity index (χ1) is 15.2. The van der Waals surface area contributed by atoms with Crippen molar-refractivity contribution in [2.45, 2.75) is 18.7 Å². The largest absolute Gasteiger partial charge is 0.271 e. The summed E-state index contributed by atoms with van der Waals surface area (Å²) in [6, 6.07) is 20.6. The molecule has 0 aromatic heterocycles. The Morgan fingerprint density at radius 1 is 1.03 bits per heavy atom. The number of hydrogen-bond donors (Lipinski definition) is 1. The van der Waals surface area contributed by atoms with Crippen LogP contribution in [0.2, 0.25) is 5.02 Å². The van der Waals surface area contributed by atoms with Gasteiger partial charge in [-0.2, -0.15) is 5.10 Å². The van der Waals surface area contributed by atoms with E-state index in [1.54, 1.807) is 43.3 Å². The molecule has 0 unspecified atom stereocenters. The van der Waals surface area contributed by atoms with Crippen molar-refractivity contribution in [2.24, 2.45) is 5.10 Å². The minimum absolute atomic E-state index is 0.0643. The van der Waals surface area contributed by atoms with Crippen LogP contribution in [-0.2, 0) is 14.8 Å². The molecule has 0 spiro atoms. The second-order valence-corrected chi connectivity index (χ2v) is 10.5. The Morgan fingerprint density at radius 2 is 1.66 bits per heavy atom. The first-order valence-electron chi connectivity index (χ1n) is 9.61. The number of nitrogens with zero attached hydrogens (tertiary/aromatic N) is 2. The maximum atomic E-state index is 13.4. The average Bonchev–Trinajstić information content (AvgIpc) is 2.77. The van der Waals surface area contributed by atoms with Gasteiger partial charge in [-0.1, -0.05) is 53.6 Å². The van der Waals surface area contributed by atoms with Crippen molar-refractivity contribution in [3.63, 3.8) is 0 Å². The van der Waals surface area contributed by atoms with Gasteiger partial charge in [-0.25, -0.2) is 13.8 Å². The SMILES string of the molecule is CC(=NNC(=O)CN(c1ccccc1Cl)S(=O)(=O)c1ccc(C)cc1)c1ccc(I)cc1. The van der Waals surface area contributed by atoms with Gasteiger partial charge in [-0.15, -0.1) is 0 Å². The molecular formula is C23H21ClIN3O3S. The van der Waals surface area contributed by atoms with Crippen LogP contribution in [-0.4, -0.2) is 26.6 Å². The fraction of sp³-hybridized carbons (Fsp3) is 0.130. The summed E-state index contributed by atoms with van der Waals surface area (Å²) in [5.74, 6) is -0.592. The molecule has 0 bridgehead atoms. The summed E-state index contributed by atoms with van der Waals surface area (Å²) < 4.78 is 28.8. The van der Waals surface area contributed by atoms with Crippen LogP contribution in [0.25, 0.3) is 0 Å². The van der Waals surface area contributed by atoms with E-state index in [9.17, 15) is 13.2 Å². The van der Waals surface area contributed by atoms with E-state index in [1.807, 2.05) is 31.2 Å². The van der Waals surface area contributed by atoms with Crippen LogP contribution < -0.4 is 9.73 Å². The fourth-order valence-electron chi connectivity index (χ4n) is 2.86. The number of rotatable bonds is 7. The van der Waals surface area contributed by atoms with Gasteiger partial charge in [0.05, 0.1) is 21.3 Å². The van der Waals surface area contributed by atoms with E-state index in [1.165, 1.54) is 12.1 Å². The van der Waals surface area contributed by atoms with Crippen molar-refractivity contribution in [1.29, 1.82) is 0 Å². The molecule has 0 heterocycles. The van der Waals surface area contributed by atoms with Gasteiger partial charge in [0, 0.05) is 3.57 Å². The molecule has 0 aliphatic carbocycles. The fourth-order valence-corrected chi connectivity index (χ4v) is 4.95. The molecule has 1 amide bonds. The summed E-state index contributed by atoms with van der Waals surface area (Å²) in [6.45, 7) is 3.14. The van der Waals surface area contributed by atoms with Crippen LogP contribution in [0.1, 0.15) is 18.1 Å². The third-order valence-corrected chi connectivity index (χ3v) is 7.44. The zero-order chi connectivity index (χ0) is 23.3. The van der Waals surface area contributed by atoms with Crippen molar-refractivity contribution >= 4 is 61.5 Å². The number of sulfonamides is 1. The van der Waals surface area contributed by atoms with E-state index in [0.29, 0.717) is 5.71 Å². The molecule has 0 saturated carbocycles. The number of carbonyl (C=O) groups excluding carboxylic acids is 1. The molecular weight excluding hydrogens is 561 g/mol. The lowest BCUT2D eigenvalue weighted by Gasteiger charge is -2.24. The number of aryl methyl sites for hydroxylation is 1. The summed E-state index contributed by atoms with van der Waals surface area (Å²) in [6.07, 6.45) is 0. The van der Waals surface area contributed by atoms with E-state index in [2.05, 4.69) is 33.1 Å². The Kier molecular flexibility index (Phi) is 7.91. The number of amides is 1. The average molecular weight is 582 g/mol. The van der Waals surface area contributed by atoms with Crippen LogP contribution >= 0.6 is 34.2 Å². The smallest absolute Gasteiger partial charge is 0.264 e. The van der Waals surface area contributed by atoms with Crippen molar-refractivity contribution in [3.8, 4) is 0 Å². The van der Waals surface area contributed by atoms with E-state index < -0.39 is 22.5 Å². The van der Waals surface area contributed by atoms with Crippen molar-refractivity contribution in [2.75, 3.05) is 10.8 Å². The second-order valence-electron chi connectivity index (χ2n) is 7.02. The molecule has 32 heavy (non-hydrogen) atoms. The van der Waals surface area contributed by atoms with Gasteiger partial charge in [-0.3, -0.25) is 9.10 Å². The number of benzene rings is 3. The number of carbonyl (C=O) groups is 1. The van der Waals surface area contributed by atoms with Crippen molar-refractivity contribution in [3.05, 3.63) is 92.5 Å². The molecule has 0 aliphatic rings. The molecule has 3 aromatic rings. The maximum Gasteiger partial charge on any atom is 0.264 e. The lowest BCUT2D eigenvalue weighted by molar-refractivity contribution is -0.119. The summed E-state index contributed by atoms with van der Waals surface area (Å²) >= 11 is 8.48. The summed E-state index contributed by atoms with van der Waals surface area (Å²) in [5.41, 5.74) is 5.03. The Bertz CT molecular complexity index is 1240. The van der Waals surface area contributed by atoms with E-state index in [-0.39, 0.29) is 15.6 Å². The molecule has 0 radical (unpaired) electrons. The van der Waals surface area contributed by atoms with Crippen LogP contribution in [0, 0.1) is 10.5 Å². The van der Waals surface area contributed by atoms with E-state index >= 15 is 0 Å². The molecule has 0 aliphatic heterocycles. The first kappa shape index (κ1) is 24.2. The summed E-state index contributed by atoms with van der Waals surface area (Å²) in [7, 11) is -4.05. The highest BCUT2D eigenvalue weighted by atomic mass is 127. The molecule has 0 saturated heterocycles. The van der Waals surface area contributed by atoms with Gasteiger partial charge in [0.2, 0.25) is 0 Å². The highest BCUT2D eigenvalue weighted by Crippen LogP contribution is 2.30. The second kappa shape index (κ2) is 10.5. The Balaban J connectivity index is 1.88. The molecule has 0 fully saturated rings. The monoisotopic (exact) mass is 581 g/mol. The van der Waals surface area contributed by atoms with E-state index in [4.69, 9.17) is 11.6 Å². The molecule has 0 atom stereocenters. The zero-order valence-corrected chi connectivity index (χ0v) is 21.1. The number of para-hydroxylation sites is 1. The summed E-state index contributed by atoms with van der Waals surface area (Å²) in [5, 5.41) is 4.34. The Labute approximate surface area is 206 Å². The van der Waals surface area contributed by atoms with Gasteiger partial charge in [0.1, 0.15) is 6.54 Å². The van der Waals surface area contributed by atoms with Gasteiger partial charge >= 0.3 is 0 Å². The van der Waals surface area contributed by atoms with Gasteiger partial charge in [-0.05, 0) is 78.4 Å². The standard InChI is InChI=1S/C23H21ClIN3O3S/c1-16-7-13-20(14-8-16)32(30,31)28(22-6-4-3-5-21(22)24)15-23(29)27-26-17(2)18-9-11-19(25)12-10-18/h3-14H,15H2,1-2H3,(H,27,29). The number of hydrogen-bond acceptors (Lipinski definition) is 4. The first-order valence-corrected chi connectivity index (χ1v) is 12.5. The molecule has 9 heteroatoms. The van der Waals surface area contributed by atoms with Crippen LogP contribution in [0.5, 0.6) is 0 Å². The highest BCUT2D eigenvalue weighted by Gasteiger charge is 2.28. The summed E-state index contributed by atoms with van der Waals surface area (Å²) in [4.78, 5) is 12.8. The third-order valence-electron chi connectivity index (χ3n) is 4.63. The predicted molar refractivity (Wildman–Crippen MR) is 137 cm³/mol. The topological polar surface area (TPSA) is 78.8 Å². The van der Waals surface area contributed by atoms with Crippen molar-refractivity contribution < 1.29 is 13.2 Å². The third kappa shape index (κ3) is 5.87. The molecule has 1 N–H and O–H groups in total. The predicted octanol–water partition coefficient (Wildman–Crippen LogP) is 4.99. The molecule has 3 aromatic carbocycles. The number of anilines is 1. The van der Waals surface area contributed by atoms with Gasteiger partial charge in [0.15, 0.2) is 0 Å². The lowest BCUT2D eigenvalue weighted by atomic mass is 10.1. The molecule has 3 rings (SSSR count). The van der Waals surface area contributed by atoms with Crippen LogP contribution in [0.3, 0.4) is 0 Å². The minimum atomic E-state index is -4.05. The van der Waals surface area contributed by atoms with Gasteiger partial charge < -0.3 is 0 Å². The lowest BCUT2D eigenvalue weighted by Crippen LogP contribution is -2.40. The van der Waals surface area contributed by atoms with E-state index in [0.717, 1.165) is 19.0 Å². The normalized spacial score (nSPS) is 11.8. The quantitative estimate of drug-likeness (QED) is 0.243. The zero-order valence-electron chi connectivity index (χ0n) is 17.4. The highest BCUT2D eigenvalue weighted by molar-refractivity contribution is 14.1. The maximum absolute atomic E-state index is 13.4. The van der Waals surface area contributed by atoms with Gasteiger partial charge in [0.25, 0.3) is 15.9 Å². The number of hydrazone groups is 1. The Hall–Kier alpha value is -2.43. The van der Waals surface area contributed by atoms with Crippen LogP contribution in [0.4, 0.5) is 5.69 Å². The Morgan fingerprint density at radius 3 is 2.28 bits per heavy atom. The van der Waals surface area contributed by atoms with Crippen LogP contribution in [0.15, 0.2) is 82.8 Å². The molecule has 166 valence electrons.